The summed E-state index contributed by atoms with van der Waals surface area (Å²) in [5, 5.41) is 0. The van der Waals surface area contributed by atoms with E-state index < -0.39 is 0 Å². The molecular weight excluding hydrogens is 248 g/mol. The van der Waals surface area contributed by atoms with E-state index in [1.807, 2.05) is 6.08 Å². The highest BCUT2D eigenvalue weighted by Crippen LogP contribution is 2.30. The van der Waals surface area contributed by atoms with E-state index in [0.29, 0.717) is 0 Å². The molecule has 0 heterocycles. The summed E-state index contributed by atoms with van der Waals surface area (Å²) in [7, 11) is 0. The monoisotopic (exact) mass is 278 g/mol. The van der Waals surface area contributed by atoms with Gasteiger partial charge in [0.05, 0.1) is 0 Å². The number of esters is 1. The third-order valence-electron chi connectivity index (χ3n) is 3.81. The molecule has 1 rings (SSSR count). The summed E-state index contributed by atoms with van der Waals surface area (Å²) < 4.78 is 5.50. The zero-order valence-corrected chi connectivity index (χ0v) is 13.2. The van der Waals surface area contributed by atoms with Crippen LogP contribution in [0.5, 0.6) is 0 Å². The van der Waals surface area contributed by atoms with Gasteiger partial charge in [0.2, 0.25) is 0 Å². The molecule has 0 saturated heterocycles. The van der Waals surface area contributed by atoms with Crippen molar-refractivity contribution in [1.82, 2.24) is 0 Å². The lowest BCUT2D eigenvalue weighted by atomic mass is 10.1. The lowest BCUT2D eigenvalue weighted by Gasteiger charge is -2.06. The summed E-state index contributed by atoms with van der Waals surface area (Å²) in [6.07, 6.45) is 16.2. The topological polar surface area (TPSA) is 26.3 Å². The van der Waals surface area contributed by atoms with Gasteiger partial charge in [0.15, 0.2) is 0 Å². The quantitative estimate of drug-likeness (QED) is 0.292. The van der Waals surface area contributed by atoms with Crippen molar-refractivity contribution in [2.75, 3.05) is 0 Å². The highest BCUT2D eigenvalue weighted by Gasteiger charge is 2.17. The predicted molar refractivity (Wildman–Crippen MR) is 84.4 cm³/mol. The molecule has 0 amide bonds. The second-order valence-corrected chi connectivity index (χ2v) is 5.66. The lowest BCUT2D eigenvalue weighted by Crippen LogP contribution is -2.01. The second-order valence-electron chi connectivity index (χ2n) is 5.66. The first-order chi connectivity index (χ1) is 9.77. The van der Waals surface area contributed by atoms with E-state index in [-0.39, 0.29) is 5.97 Å². The fourth-order valence-electron chi connectivity index (χ4n) is 2.58. The van der Waals surface area contributed by atoms with Crippen LogP contribution in [0.25, 0.3) is 0 Å². The van der Waals surface area contributed by atoms with Crippen LogP contribution in [0.2, 0.25) is 0 Å². The maximum atomic E-state index is 11.8. The van der Waals surface area contributed by atoms with Crippen molar-refractivity contribution in [3.8, 4) is 0 Å². The van der Waals surface area contributed by atoms with E-state index in [4.69, 9.17) is 4.74 Å². The summed E-state index contributed by atoms with van der Waals surface area (Å²) in [4.78, 5) is 11.8. The van der Waals surface area contributed by atoms with Crippen molar-refractivity contribution in [3.05, 3.63) is 23.5 Å². The maximum absolute atomic E-state index is 11.8. The summed E-state index contributed by atoms with van der Waals surface area (Å²) >= 11 is 0. The summed E-state index contributed by atoms with van der Waals surface area (Å²) in [5.74, 6) is 0.769. The Kier molecular flexibility index (Phi) is 9.10. The molecule has 2 heteroatoms. The van der Waals surface area contributed by atoms with Crippen LogP contribution in [-0.4, -0.2) is 5.97 Å². The minimum Gasteiger partial charge on any atom is -0.428 e. The fourth-order valence-corrected chi connectivity index (χ4v) is 2.58. The molecule has 0 aromatic heterocycles. The van der Waals surface area contributed by atoms with E-state index in [9.17, 15) is 4.79 Å². The van der Waals surface area contributed by atoms with Gasteiger partial charge in [0, 0.05) is 12.5 Å². The smallest absolute Gasteiger partial charge is 0.335 e. The van der Waals surface area contributed by atoms with Crippen LogP contribution in [0.1, 0.15) is 84.5 Å². The van der Waals surface area contributed by atoms with Crippen LogP contribution in [0.15, 0.2) is 23.5 Å². The molecule has 1 aliphatic carbocycles. The van der Waals surface area contributed by atoms with Gasteiger partial charge in [-0.05, 0) is 44.1 Å². The molecule has 0 aliphatic heterocycles. The van der Waals surface area contributed by atoms with Gasteiger partial charge in [-0.2, -0.15) is 0 Å². The largest absolute Gasteiger partial charge is 0.428 e. The normalized spacial score (nSPS) is 15.3. The Bertz CT molecular complexity index is 339. The molecule has 0 unspecified atom stereocenters. The molecule has 20 heavy (non-hydrogen) atoms. The summed E-state index contributed by atoms with van der Waals surface area (Å²) in [5.41, 5.74) is 1.37. The van der Waals surface area contributed by atoms with Crippen LogP contribution in [0, 0.1) is 0 Å². The molecule has 0 saturated carbocycles. The molecular formula is C18H30O2. The molecule has 0 radical (unpaired) electrons. The van der Waals surface area contributed by atoms with Crippen LogP contribution in [0.3, 0.4) is 0 Å². The van der Waals surface area contributed by atoms with Gasteiger partial charge in [-0.25, -0.2) is 4.79 Å². The van der Waals surface area contributed by atoms with Gasteiger partial charge >= 0.3 is 5.97 Å². The third-order valence-corrected chi connectivity index (χ3v) is 3.81. The highest BCUT2D eigenvalue weighted by atomic mass is 16.5. The Morgan fingerprint density at radius 2 is 1.90 bits per heavy atom. The average molecular weight is 278 g/mol. The zero-order valence-electron chi connectivity index (χ0n) is 13.2. The van der Waals surface area contributed by atoms with Crippen molar-refractivity contribution in [2.45, 2.75) is 84.5 Å². The van der Waals surface area contributed by atoms with Gasteiger partial charge in [0.25, 0.3) is 0 Å². The van der Waals surface area contributed by atoms with Crippen molar-refractivity contribution >= 4 is 5.97 Å². The first-order valence-corrected chi connectivity index (χ1v) is 8.37. The van der Waals surface area contributed by atoms with Crippen molar-refractivity contribution < 1.29 is 9.53 Å². The molecule has 0 bridgehead atoms. The van der Waals surface area contributed by atoms with Crippen LogP contribution in [-0.2, 0) is 9.53 Å². The highest BCUT2D eigenvalue weighted by molar-refractivity contribution is 5.82. The number of unbranched alkanes of at least 4 members (excludes halogenated alkanes) is 5. The Hall–Kier alpha value is -1.05. The Morgan fingerprint density at radius 3 is 2.65 bits per heavy atom. The van der Waals surface area contributed by atoms with Gasteiger partial charge < -0.3 is 4.74 Å². The van der Waals surface area contributed by atoms with Gasteiger partial charge in [-0.1, -0.05) is 45.6 Å². The van der Waals surface area contributed by atoms with Crippen LogP contribution in [0.4, 0.5) is 0 Å². The molecule has 0 N–H and O–H groups in total. The van der Waals surface area contributed by atoms with Crippen LogP contribution >= 0.6 is 0 Å². The summed E-state index contributed by atoms with van der Waals surface area (Å²) in [6.45, 7) is 4.40. The summed E-state index contributed by atoms with van der Waals surface area (Å²) in [6, 6.07) is 0. The molecule has 1 aliphatic rings. The number of carbonyl (C=O) groups is 1. The Balaban J connectivity index is 2.28. The van der Waals surface area contributed by atoms with E-state index in [2.05, 4.69) is 13.8 Å². The number of hydrogen-bond acceptors (Lipinski definition) is 2. The number of carbonyl (C=O) groups excluding carboxylic acids is 1. The minimum atomic E-state index is -0.189. The van der Waals surface area contributed by atoms with Crippen molar-refractivity contribution in [3.63, 3.8) is 0 Å². The molecule has 0 atom stereocenters. The molecule has 0 spiro atoms. The fraction of sp³-hybridized carbons (Fsp3) is 0.722. The molecule has 2 nitrogen and oxygen atoms in total. The van der Waals surface area contributed by atoms with E-state index >= 15 is 0 Å². The van der Waals surface area contributed by atoms with E-state index in [1.54, 1.807) is 6.08 Å². The maximum Gasteiger partial charge on any atom is 0.335 e. The zero-order chi connectivity index (χ0) is 14.6. The number of ether oxygens (including phenoxy) is 1. The van der Waals surface area contributed by atoms with Crippen molar-refractivity contribution in [1.29, 1.82) is 0 Å². The first kappa shape index (κ1) is 17.0. The molecule has 0 aromatic rings. The van der Waals surface area contributed by atoms with Gasteiger partial charge in [-0.15, -0.1) is 0 Å². The first-order valence-electron chi connectivity index (χ1n) is 8.37. The van der Waals surface area contributed by atoms with Crippen molar-refractivity contribution in [2.24, 2.45) is 0 Å². The second kappa shape index (κ2) is 10.7. The van der Waals surface area contributed by atoms with E-state index in [0.717, 1.165) is 37.9 Å². The number of rotatable bonds is 10. The minimum absolute atomic E-state index is 0.189. The lowest BCUT2D eigenvalue weighted by molar-refractivity contribution is -0.134. The molecule has 0 aromatic carbocycles. The SMILES string of the molecule is CCCCCCC=CC(=O)OC1=C(CCCC)CCC1. The molecule has 0 fully saturated rings. The third kappa shape index (κ3) is 6.93. The standard InChI is InChI=1S/C18H30O2/c1-3-5-7-8-9-10-15-18(19)20-17-14-11-13-16(17)12-6-4-2/h10,15H,3-9,11-14H2,1-2H3. The molecule has 114 valence electrons. The Morgan fingerprint density at radius 1 is 1.10 bits per heavy atom. The number of hydrogen-bond donors (Lipinski definition) is 0. The van der Waals surface area contributed by atoms with Gasteiger partial charge in [-0.3, -0.25) is 0 Å². The number of allylic oxidation sites excluding steroid dienone is 3. The van der Waals surface area contributed by atoms with E-state index in [1.165, 1.54) is 44.1 Å². The predicted octanol–water partition coefficient (Wildman–Crippen LogP) is 5.68. The Labute approximate surface area is 124 Å². The van der Waals surface area contributed by atoms with Crippen LogP contribution < -0.4 is 0 Å². The average Bonchev–Trinajstić information content (AvgIpc) is 2.87. The van der Waals surface area contributed by atoms with Gasteiger partial charge in [0.1, 0.15) is 5.76 Å².